The van der Waals surface area contributed by atoms with Crippen LogP contribution in [0.15, 0.2) is 18.2 Å². The van der Waals surface area contributed by atoms with Crippen LogP contribution in [0.1, 0.15) is 52.4 Å². The second-order valence-corrected chi connectivity index (χ2v) is 11.1. The molecule has 184 valence electrons. The highest BCUT2D eigenvalue weighted by atomic mass is 32.2. The summed E-state index contributed by atoms with van der Waals surface area (Å²) < 4.78 is 37.6. The summed E-state index contributed by atoms with van der Waals surface area (Å²) in [5.41, 5.74) is -1.02. The minimum atomic E-state index is -3.68. The number of anilines is 1. The molecule has 9 nitrogen and oxygen atoms in total. The van der Waals surface area contributed by atoms with E-state index in [1.165, 1.54) is 19.1 Å². The van der Waals surface area contributed by atoms with E-state index in [1.54, 1.807) is 32.0 Å². The van der Waals surface area contributed by atoms with Crippen molar-refractivity contribution >= 4 is 27.5 Å². The third-order valence-corrected chi connectivity index (χ3v) is 8.39. The molecule has 2 amide bonds. The first kappa shape index (κ1) is 25.3. The third kappa shape index (κ3) is 5.43. The lowest BCUT2D eigenvalue weighted by Gasteiger charge is -2.47. The van der Waals surface area contributed by atoms with Gasteiger partial charge in [-0.3, -0.25) is 14.5 Å². The van der Waals surface area contributed by atoms with Crippen molar-refractivity contribution in [2.24, 2.45) is 0 Å². The summed E-state index contributed by atoms with van der Waals surface area (Å²) in [6.45, 7) is 2.95. The summed E-state index contributed by atoms with van der Waals surface area (Å²) in [6.07, 6.45) is 5.39. The van der Waals surface area contributed by atoms with E-state index in [4.69, 9.17) is 9.47 Å². The molecule has 0 aromatic heterocycles. The first-order valence-electron chi connectivity index (χ1n) is 11.5. The van der Waals surface area contributed by atoms with Crippen LogP contribution in [0.2, 0.25) is 0 Å². The smallest absolute Gasteiger partial charge is 0.247 e. The number of benzene rings is 1. The molecule has 0 radical (unpaired) electrons. The molecule has 3 rings (SSSR count). The molecule has 1 aliphatic heterocycles. The molecule has 0 spiro atoms. The molecule has 0 bridgehead atoms. The number of amides is 2. The van der Waals surface area contributed by atoms with Gasteiger partial charge in [0.2, 0.25) is 21.8 Å². The van der Waals surface area contributed by atoms with Gasteiger partial charge in [-0.25, -0.2) is 8.42 Å². The van der Waals surface area contributed by atoms with E-state index in [2.05, 4.69) is 5.32 Å². The Bertz CT molecular complexity index is 954. The SMILES string of the molecule is CCCS(=O)(=O)N1CC(=O)N(c2cc(OC)cc(OC)c2)C(C)(C(=O)NC2CCCCC2)C1. The maximum absolute atomic E-state index is 13.7. The first-order chi connectivity index (χ1) is 15.6. The Kier molecular flexibility index (Phi) is 7.89. The van der Waals surface area contributed by atoms with Crippen molar-refractivity contribution in [1.29, 1.82) is 0 Å². The minimum absolute atomic E-state index is 0.0162. The minimum Gasteiger partial charge on any atom is -0.497 e. The number of rotatable bonds is 8. The molecule has 33 heavy (non-hydrogen) atoms. The number of nitrogens with zero attached hydrogens (tertiary/aromatic N) is 2. The number of hydrogen-bond acceptors (Lipinski definition) is 6. The molecule has 1 aliphatic carbocycles. The van der Waals surface area contributed by atoms with Crippen LogP contribution in [0.25, 0.3) is 0 Å². The molecule has 1 heterocycles. The highest BCUT2D eigenvalue weighted by molar-refractivity contribution is 7.89. The number of methoxy groups -OCH3 is 2. The zero-order valence-corrected chi connectivity index (χ0v) is 20.7. The lowest BCUT2D eigenvalue weighted by molar-refractivity contribution is -0.133. The lowest BCUT2D eigenvalue weighted by Crippen LogP contribution is -2.71. The number of piperazine rings is 1. The van der Waals surface area contributed by atoms with Crippen molar-refractivity contribution in [2.45, 2.75) is 64.0 Å². The summed E-state index contributed by atoms with van der Waals surface area (Å²) in [7, 11) is -0.670. The molecule has 10 heteroatoms. The fourth-order valence-corrected chi connectivity index (χ4v) is 6.19. The predicted molar refractivity (Wildman–Crippen MR) is 126 cm³/mol. The zero-order valence-electron chi connectivity index (χ0n) is 19.9. The standard InChI is InChI=1S/C23H35N3O6S/c1-5-11-33(29,30)25-15-21(27)26(18-12-19(31-3)14-20(13-18)32-4)23(2,16-25)22(28)24-17-9-7-6-8-10-17/h12-14,17H,5-11,15-16H2,1-4H3,(H,24,28). The van der Waals surface area contributed by atoms with Crippen LogP contribution in [-0.4, -0.2) is 69.2 Å². The number of sulfonamides is 1. The molecule has 1 unspecified atom stereocenters. The number of carbonyl (C=O) groups is 2. The molecule has 1 aromatic carbocycles. The average molecular weight is 482 g/mol. The monoisotopic (exact) mass is 481 g/mol. The van der Waals surface area contributed by atoms with Crippen molar-refractivity contribution in [2.75, 3.05) is 38.0 Å². The van der Waals surface area contributed by atoms with Crippen molar-refractivity contribution in [1.82, 2.24) is 9.62 Å². The summed E-state index contributed by atoms with van der Waals surface area (Å²) in [6, 6.07) is 5.00. The van der Waals surface area contributed by atoms with Crippen LogP contribution < -0.4 is 19.7 Å². The Labute approximate surface area is 196 Å². The van der Waals surface area contributed by atoms with Crippen molar-refractivity contribution in [3.8, 4) is 11.5 Å². The van der Waals surface area contributed by atoms with Gasteiger partial charge in [0.25, 0.3) is 0 Å². The van der Waals surface area contributed by atoms with Gasteiger partial charge in [0, 0.05) is 30.8 Å². The van der Waals surface area contributed by atoms with Crippen molar-refractivity contribution in [3.05, 3.63) is 18.2 Å². The largest absolute Gasteiger partial charge is 0.497 e. The molecular formula is C23H35N3O6S. The molecule has 2 fully saturated rings. The first-order valence-corrected chi connectivity index (χ1v) is 13.1. The molecule has 1 saturated heterocycles. The van der Waals surface area contributed by atoms with Crippen LogP contribution in [0.3, 0.4) is 0 Å². The van der Waals surface area contributed by atoms with Gasteiger partial charge in [-0.2, -0.15) is 4.31 Å². The quantitative estimate of drug-likeness (QED) is 0.611. The molecule has 1 aromatic rings. The average Bonchev–Trinajstić information content (AvgIpc) is 2.79. The molecule has 1 atom stereocenters. The third-order valence-electron chi connectivity index (χ3n) is 6.42. The molecule has 2 aliphatic rings. The van der Waals surface area contributed by atoms with Crippen LogP contribution in [0.4, 0.5) is 5.69 Å². The summed E-state index contributed by atoms with van der Waals surface area (Å²) in [5.74, 6) is 0.0213. The highest BCUT2D eigenvalue weighted by Crippen LogP contribution is 2.36. The fraction of sp³-hybridized carbons (Fsp3) is 0.652. The maximum Gasteiger partial charge on any atom is 0.247 e. The predicted octanol–water partition coefficient (Wildman–Crippen LogP) is 2.30. The van der Waals surface area contributed by atoms with E-state index in [0.29, 0.717) is 23.6 Å². The van der Waals surface area contributed by atoms with Crippen LogP contribution in [0, 0.1) is 0 Å². The number of ether oxygens (including phenoxy) is 2. The van der Waals surface area contributed by atoms with Gasteiger partial charge in [0.05, 0.1) is 32.2 Å². The van der Waals surface area contributed by atoms with Gasteiger partial charge in [-0.15, -0.1) is 0 Å². The Morgan fingerprint density at radius 1 is 1.12 bits per heavy atom. The normalized spacial score (nSPS) is 22.8. The van der Waals surface area contributed by atoms with Gasteiger partial charge in [-0.05, 0) is 26.2 Å². The second kappa shape index (κ2) is 10.3. The summed E-state index contributed by atoms with van der Waals surface area (Å²) in [5, 5.41) is 3.09. The molecule has 1 saturated carbocycles. The van der Waals surface area contributed by atoms with Crippen molar-refractivity contribution in [3.63, 3.8) is 0 Å². The molecule has 1 N–H and O–H groups in total. The van der Waals surface area contributed by atoms with Gasteiger partial charge in [-0.1, -0.05) is 26.2 Å². The number of nitrogens with one attached hydrogen (secondary N) is 1. The Morgan fingerprint density at radius 2 is 1.73 bits per heavy atom. The van der Waals surface area contributed by atoms with E-state index >= 15 is 0 Å². The number of carbonyl (C=O) groups excluding carboxylic acids is 2. The van der Waals surface area contributed by atoms with Crippen LogP contribution in [-0.2, 0) is 19.6 Å². The summed E-state index contributed by atoms with van der Waals surface area (Å²) in [4.78, 5) is 28.5. The Morgan fingerprint density at radius 3 is 2.27 bits per heavy atom. The van der Waals surface area contributed by atoms with E-state index in [0.717, 1.165) is 36.4 Å². The van der Waals surface area contributed by atoms with E-state index in [1.807, 2.05) is 0 Å². The zero-order chi connectivity index (χ0) is 24.2. The van der Waals surface area contributed by atoms with Crippen LogP contribution >= 0.6 is 0 Å². The van der Waals surface area contributed by atoms with Gasteiger partial charge >= 0.3 is 0 Å². The van der Waals surface area contributed by atoms with E-state index < -0.39 is 21.5 Å². The van der Waals surface area contributed by atoms with E-state index in [-0.39, 0.29) is 30.8 Å². The van der Waals surface area contributed by atoms with Crippen molar-refractivity contribution < 1.29 is 27.5 Å². The fourth-order valence-electron chi connectivity index (χ4n) is 4.66. The van der Waals surface area contributed by atoms with E-state index in [9.17, 15) is 18.0 Å². The Balaban J connectivity index is 2.04. The topological polar surface area (TPSA) is 105 Å². The lowest BCUT2D eigenvalue weighted by atomic mass is 9.91. The molecular weight excluding hydrogens is 446 g/mol. The van der Waals surface area contributed by atoms with Crippen LogP contribution in [0.5, 0.6) is 11.5 Å². The van der Waals surface area contributed by atoms with Gasteiger partial charge < -0.3 is 14.8 Å². The highest BCUT2D eigenvalue weighted by Gasteiger charge is 2.51. The maximum atomic E-state index is 13.7. The van der Waals surface area contributed by atoms with Gasteiger partial charge in [0.15, 0.2) is 0 Å². The van der Waals surface area contributed by atoms with Gasteiger partial charge in [0.1, 0.15) is 17.0 Å². The Hall–Kier alpha value is -2.33. The second-order valence-electron chi connectivity index (χ2n) is 8.97. The number of hydrogen-bond donors (Lipinski definition) is 1. The summed E-state index contributed by atoms with van der Waals surface area (Å²) >= 11 is 0.